The van der Waals surface area contributed by atoms with Crippen molar-refractivity contribution in [3.63, 3.8) is 0 Å². The lowest BCUT2D eigenvalue weighted by atomic mass is 10.1. The molecule has 0 fully saturated rings. The van der Waals surface area contributed by atoms with Crippen molar-refractivity contribution < 1.29 is 0 Å². The molecular formula is C64H46N4Si2. The Bertz CT molecular complexity index is 3740. The largest absolute Gasteiger partial charge is 0.309 e. The quantitative estimate of drug-likeness (QED) is 0.107. The third-order valence-electron chi connectivity index (χ3n) is 14.5. The van der Waals surface area contributed by atoms with Crippen molar-refractivity contribution in [1.82, 2.24) is 14.5 Å². The van der Waals surface area contributed by atoms with Crippen LogP contribution in [-0.4, -0.2) is 30.7 Å². The SMILES string of the molecule is c1ccc(-n2c3ccccc3c3ccc4c(c32)[Si](c2ccccc2)(c2ccccc2)c2ccc([Si](c3ccccc3)(c3ccccc3)c3cccc(-c5ccccn5)c3)cc2N4c2ccccn2)cc1. The summed E-state index contributed by atoms with van der Waals surface area (Å²) in [5, 5.41) is 13.0. The average molecular weight is 927 g/mol. The predicted octanol–water partition coefficient (Wildman–Crippen LogP) is 9.78. The topological polar surface area (TPSA) is 34.0 Å². The molecule has 0 unspecified atom stereocenters. The fourth-order valence-electron chi connectivity index (χ4n) is 11.7. The molecule has 0 bridgehead atoms. The van der Waals surface area contributed by atoms with Gasteiger partial charge in [0.05, 0.1) is 22.4 Å². The van der Waals surface area contributed by atoms with Crippen LogP contribution < -0.4 is 46.4 Å². The van der Waals surface area contributed by atoms with Gasteiger partial charge in [0.25, 0.3) is 0 Å². The van der Waals surface area contributed by atoms with Gasteiger partial charge in [-0.2, -0.15) is 0 Å². The summed E-state index contributed by atoms with van der Waals surface area (Å²) in [6, 6.07) is 99.2. The van der Waals surface area contributed by atoms with Crippen LogP contribution in [0.4, 0.5) is 17.2 Å². The van der Waals surface area contributed by atoms with Crippen molar-refractivity contribution in [1.29, 1.82) is 0 Å². The molecule has 6 heteroatoms. The van der Waals surface area contributed by atoms with Gasteiger partial charge in [-0.05, 0) is 90.9 Å². The molecule has 330 valence electrons. The summed E-state index contributed by atoms with van der Waals surface area (Å²) in [6.45, 7) is 0. The number of nitrogens with zero attached hydrogens (tertiary/aromatic N) is 4. The van der Waals surface area contributed by atoms with E-state index in [0.717, 1.165) is 34.1 Å². The molecule has 0 radical (unpaired) electrons. The van der Waals surface area contributed by atoms with Gasteiger partial charge in [-0.15, -0.1) is 0 Å². The van der Waals surface area contributed by atoms with Gasteiger partial charge in [-0.25, -0.2) is 4.98 Å². The smallest absolute Gasteiger partial charge is 0.186 e. The standard InChI is InChI=1S/C64H46N4Si2/c1-6-24-48(25-7-1)67-58-37-17-16-35-55(58)56-40-41-59-64(63(56)67)70(51-30-12-4-13-31-51,52-32-14-5-15-33-52)61-42-39-54(46-60(61)68(59)62-38-19-21-44-66-62)69(49-26-8-2-9-27-49,50-28-10-3-11-29-50)53-34-22-23-47(45-53)57-36-18-20-43-65-57/h1-46H. The summed E-state index contributed by atoms with van der Waals surface area (Å²) >= 11 is 0. The number of benzene rings is 9. The first-order valence-electron chi connectivity index (χ1n) is 24.0. The molecule has 0 spiro atoms. The maximum atomic E-state index is 5.25. The van der Waals surface area contributed by atoms with Gasteiger partial charge >= 0.3 is 0 Å². The van der Waals surface area contributed by atoms with Gasteiger partial charge in [0, 0.05) is 45.3 Å². The zero-order valence-electron chi connectivity index (χ0n) is 38.3. The van der Waals surface area contributed by atoms with Crippen LogP contribution in [0.25, 0.3) is 38.8 Å². The third kappa shape index (κ3) is 6.34. The van der Waals surface area contributed by atoms with Gasteiger partial charge < -0.3 is 4.57 Å². The molecule has 4 nitrogen and oxygen atoms in total. The first-order valence-corrected chi connectivity index (χ1v) is 28.0. The molecule has 0 saturated carbocycles. The van der Waals surface area contributed by atoms with Gasteiger partial charge in [0.15, 0.2) is 16.1 Å². The van der Waals surface area contributed by atoms with E-state index >= 15 is 0 Å². The van der Waals surface area contributed by atoms with Gasteiger partial charge in [0.1, 0.15) is 5.82 Å². The molecule has 4 heterocycles. The molecule has 70 heavy (non-hydrogen) atoms. The highest BCUT2D eigenvalue weighted by Gasteiger charge is 2.52. The van der Waals surface area contributed by atoms with Gasteiger partial charge in [0.2, 0.25) is 0 Å². The molecule has 1 aliphatic heterocycles. The maximum Gasteiger partial charge on any atom is 0.186 e. The van der Waals surface area contributed by atoms with E-state index in [1.54, 1.807) is 0 Å². The minimum atomic E-state index is -3.30. The van der Waals surface area contributed by atoms with Gasteiger partial charge in [-0.1, -0.05) is 212 Å². The number of aromatic nitrogens is 3. The van der Waals surface area contributed by atoms with Crippen LogP contribution in [0.5, 0.6) is 0 Å². The Morgan fingerprint density at radius 2 is 0.957 bits per heavy atom. The lowest BCUT2D eigenvalue weighted by Crippen LogP contribution is -2.78. The van der Waals surface area contributed by atoms with Gasteiger partial charge in [-0.3, -0.25) is 9.88 Å². The summed E-state index contributed by atoms with van der Waals surface area (Å²) < 4.78 is 2.53. The van der Waals surface area contributed by atoms with Crippen LogP contribution in [0.2, 0.25) is 0 Å². The molecule has 0 saturated heterocycles. The zero-order valence-corrected chi connectivity index (χ0v) is 40.3. The second-order valence-electron chi connectivity index (χ2n) is 18.1. The van der Waals surface area contributed by atoms with Crippen LogP contribution >= 0.6 is 0 Å². The number of anilines is 3. The molecule has 9 aromatic carbocycles. The van der Waals surface area contributed by atoms with E-state index in [1.807, 2.05) is 24.5 Å². The van der Waals surface area contributed by atoms with Crippen molar-refractivity contribution in [2.75, 3.05) is 4.90 Å². The highest BCUT2D eigenvalue weighted by Crippen LogP contribution is 2.42. The fourth-order valence-corrected chi connectivity index (χ4v) is 21.7. The van der Waals surface area contributed by atoms with E-state index in [2.05, 4.69) is 264 Å². The zero-order chi connectivity index (χ0) is 46.5. The highest BCUT2D eigenvalue weighted by atomic mass is 28.3. The normalized spacial score (nSPS) is 12.9. The Hall–Kier alpha value is -8.69. The minimum absolute atomic E-state index is 0.872. The molecular weight excluding hydrogens is 881 g/mol. The Morgan fingerprint density at radius 1 is 0.386 bits per heavy atom. The number of para-hydroxylation sites is 2. The third-order valence-corrected chi connectivity index (χ3v) is 24.1. The fraction of sp³-hybridized carbons (Fsp3) is 0. The molecule has 0 atom stereocenters. The Morgan fingerprint density at radius 3 is 1.60 bits per heavy atom. The highest BCUT2D eigenvalue weighted by molar-refractivity contribution is 7.23. The Balaban J connectivity index is 1.22. The number of hydrogen-bond acceptors (Lipinski definition) is 3. The van der Waals surface area contributed by atoms with E-state index in [1.165, 1.54) is 63.3 Å². The second kappa shape index (κ2) is 17.1. The van der Waals surface area contributed by atoms with Crippen molar-refractivity contribution in [3.05, 3.63) is 279 Å². The van der Waals surface area contributed by atoms with E-state index in [0.29, 0.717) is 0 Å². The van der Waals surface area contributed by atoms with Crippen LogP contribution in [0.15, 0.2) is 279 Å². The Kier molecular flexibility index (Phi) is 10.2. The lowest BCUT2D eigenvalue weighted by molar-refractivity contribution is 1.17. The summed E-state index contributed by atoms with van der Waals surface area (Å²) in [7, 11) is -6.43. The molecule has 3 aromatic heterocycles. The van der Waals surface area contributed by atoms with Crippen molar-refractivity contribution in [2.45, 2.75) is 0 Å². The van der Waals surface area contributed by atoms with E-state index < -0.39 is 16.1 Å². The maximum absolute atomic E-state index is 5.25. The van der Waals surface area contributed by atoms with Crippen LogP contribution in [0.3, 0.4) is 0 Å². The lowest BCUT2D eigenvalue weighted by Gasteiger charge is -2.46. The first-order chi connectivity index (χ1) is 34.8. The molecule has 13 rings (SSSR count). The van der Waals surface area contributed by atoms with Crippen molar-refractivity contribution in [3.8, 4) is 16.9 Å². The number of rotatable bonds is 9. The monoisotopic (exact) mass is 926 g/mol. The molecule has 0 amide bonds. The average Bonchev–Trinajstić information content (AvgIpc) is 3.79. The minimum Gasteiger partial charge on any atom is -0.309 e. The van der Waals surface area contributed by atoms with Crippen molar-refractivity contribution in [2.24, 2.45) is 0 Å². The summed E-state index contributed by atoms with van der Waals surface area (Å²) in [6.07, 6.45) is 3.82. The molecule has 1 aliphatic rings. The molecule has 0 aliphatic carbocycles. The Labute approximate surface area is 410 Å². The summed E-state index contributed by atoms with van der Waals surface area (Å²) in [5.74, 6) is 0.872. The second-order valence-corrected chi connectivity index (χ2v) is 25.6. The molecule has 12 aromatic rings. The summed E-state index contributed by atoms with van der Waals surface area (Å²) in [4.78, 5) is 12.6. The van der Waals surface area contributed by atoms with Crippen LogP contribution in [0, 0.1) is 0 Å². The van der Waals surface area contributed by atoms with E-state index in [4.69, 9.17) is 9.97 Å². The molecule has 0 N–H and O–H groups in total. The van der Waals surface area contributed by atoms with Crippen LogP contribution in [0.1, 0.15) is 0 Å². The van der Waals surface area contributed by atoms with Crippen molar-refractivity contribution >= 4 is 96.6 Å². The number of fused-ring (bicyclic) bond motifs is 6. The number of hydrogen-bond donors (Lipinski definition) is 0. The number of pyridine rings is 2. The van der Waals surface area contributed by atoms with E-state index in [9.17, 15) is 0 Å². The first kappa shape index (κ1) is 41.5. The summed E-state index contributed by atoms with van der Waals surface area (Å²) in [5.41, 5.74) is 7.88. The van der Waals surface area contributed by atoms with E-state index in [-0.39, 0.29) is 0 Å². The predicted molar refractivity (Wildman–Crippen MR) is 297 cm³/mol. The van der Waals surface area contributed by atoms with Crippen LogP contribution in [-0.2, 0) is 0 Å².